The maximum absolute atomic E-state index is 13.5. The van der Waals surface area contributed by atoms with Crippen LogP contribution in [-0.4, -0.2) is 49.7 Å². The van der Waals surface area contributed by atoms with Crippen molar-refractivity contribution in [3.8, 4) is 0 Å². The van der Waals surface area contributed by atoms with E-state index in [9.17, 15) is 23.3 Å². The molecule has 0 spiro atoms. The first-order chi connectivity index (χ1) is 16.3. The zero-order valence-corrected chi connectivity index (χ0v) is 20.1. The van der Waals surface area contributed by atoms with Gasteiger partial charge in [-0.2, -0.15) is 4.31 Å². The van der Waals surface area contributed by atoms with E-state index in [1.807, 2.05) is 0 Å². The predicted octanol–water partition coefficient (Wildman–Crippen LogP) is 4.32. The van der Waals surface area contributed by atoms with Gasteiger partial charge in [-0.3, -0.25) is 14.9 Å². The van der Waals surface area contributed by atoms with Crippen LogP contribution in [0.15, 0.2) is 41.3 Å². The van der Waals surface area contributed by atoms with Crippen LogP contribution in [0.5, 0.6) is 0 Å². The summed E-state index contributed by atoms with van der Waals surface area (Å²) in [5, 5.41) is 14.1. The largest absolute Gasteiger partial charge is 0.371 e. The summed E-state index contributed by atoms with van der Waals surface area (Å²) in [6.07, 6.45) is 5.77. The topological polar surface area (TPSA) is 113 Å². The SMILES string of the molecule is Cc1c(NC(=O)c2cc(S(=O)(=O)N3CCCCC3)ccc2N2CCCCC2)cccc1[N+](=O)[O-]. The Morgan fingerprint density at radius 1 is 0.971 bits per heavy atom. The van der Waals surface area contributed by atoms with E-state index in [0.717, 1.165) is 51.6 Å². The van der Waals surface area contributed by atoms with Gasteiger partial charge in [-0.1, -0.05) is 12.5 Å². The number of carbonyl (C=O) groups is 1. The Bertz CT molecular complexity index is 1190. The fourth-order valence-electron chi connectivity index (χ4n) is 4.67. The number of sulfonamides is 1. The number of nitro benzene ring substituents is 1. The van der Waals surface area contributed by atoms with E-state index < -0.39 is 20.9 Å². The second-order valence-corrected chi connectivity index (χ2v) is 10.8. The third kappa shape index (κ3) is 4.92. The van der Waals surface area contributed by atoms with E-state index in [0.29, 0.717) is 30.0 Å². The smallest absolute Gasteiger partial charge is 0.274 e. The van der Waals surface area contributed by atoms with Crippen molar-refractivity contribution in [2.45, 2.75) is 50.3 Å². The summed E-state index contributed by atoms with van der Waals surface area (Å²) in [5.74, 6) is -0.486. The highest BCUT2D eigenvalue weighted by Crippen LogP contribution is 2.31. The molecule has 2 saturated heterocycles. The number of piperidine rings is 2. The number of rotatable bonds is 6. The summed E-state index contributed by atoms with van der Waals surface area (Å²) in [4.78, 5) is 26.5. The van der Waals surface area contributed by atoms with Crippen LogP contribution in [0, 0.1) is 17.0 Å². The molecule has 2 aliphatic rings. The van der Waals surface area contributed by atoms with Crippen LogP contribution in [0.1, 0.15) is 54.4 Å². The van der Waals surface area contributed by atoms with Gasteiger partial charge in [-0.05, 0) is 63.3 Å². The van der Waals surface area contributed by atoms with Crippen molar-refractivity contribution < 1.29 is 18.1 Å². The van der Waals surface area contributed by atoms with E-state index in [-0.39, 0.29) is 16.1 Å². The molecule has 2 fully saturated rings. The first kappa shape index (κ1) is 24.2. The minimum Gasteiger partial charge on any atom is -0.371 e. The van der Waals surface area contributed by atoms with Crippen molar-refractivity contribution in [3.63, 3.8) is 0 Å². The Hall–Kier alpha value is -2.98. The van der Waals surface area contributed by atoms with E-state index >= 15 is 0 Å². The number of nitrogens with zero attached hydrogens (tertiary/aromatic N) is 3. The van der Waals surface area contributed by atoms with Gasteiger partial charge in [-0.15, -0.1) is 0 Å². The van der Waals surface area contributed by atoms with Gasteiger partial charge in [0.05, 0.1) is 26.6 Å². The molecule has 4 rings (SSSR count). The summed E-state index contributed by atoms with van der Waals surface area (Å²) in [7, 11) is -3.72. The molecule has 0 bridgehead atoms. The lowest BCUT2D eigenvalue weighted by molar-refractivity contribution is -0.385. The first-order valence-corrected chi connectivity index (χ1v) is 13.2. The van der Waals surface area contributed by atoms with Gasteiger partial charge in [0.2, 0.25) is 10.0 Å². The molecule has 2 heterocycles. The fraction of sp³-hybridized carbons (Fsp3) is 0.458. The molecule has 34 heavy (non-hydrogen) atoms. The minimum absolute atomic E-state index is 0.0875. The molecule has 1 amide bonds. The minimum atomic E-state index is -3.72. The number of amides is 1. The maximum Gasteiger partial charge on any atom is 0.274 e. The highest BCUT2D eigenvalue weighted by molar-refractivity contribution is 7.89. The zero-order valence-electron chi connectivity index (χ0n) is 19.3. The van der Waals surface area contributed by atoms with Gasteiger partial charge in [-0.25, -0.2) is 8.42 Å². The van der Waals surface area contributed by atoms with Gasteiger partial charge in [0, 0.05) is 37.9 Å². The molecule has 2 aromatic rings. The number of hydrogen-bond acceptors (Lipinski definition) is 6. The molecule has 0 aromatic heterocycles. The first-order valence-electron chi connectivity index (χ1n) is 11.7. The Morgan fingerprint density at radius 3 is 2.26 bits per heavy atom. The maximum atomic E-state index is 13.5. The average Bonchev–Trinajstić information content (AvgIpc) is 2.85. The third-order valence-corrected chi connectivity index (χ3v) is 8.51. The van der Waals surface area contributed by atoms with Crippen molar-refractivity contribution in [1.29, 1.82) is 0 Å². The molecule has 2 aromatic carbocycles. The summed E-state index contributed by atoms with van der Waals surface area (Å²) in [6, 6.07) is 9.27. The molecule has 0 aliphatic carbocycles. The Kier molecular flexibility index (Phi) is 7.18. The van der Waals surface area contributed by atoms with Gasteiger partial charge in [0.1, 0.15) is 0 Å². The number of hydrogen-bond donors (Lipinski definition) is 1. The number of benzene rings is 2. The second kappa shape index (κ2) is 10.1. The van der Waals surface area contributed by atoms with Crippen LogP contribution in [0.2, 0.25) is 0 Å². The van der Waals surface area contributed by atoms with Crippen LogP contribution >= 0.6 is 0 Å². The van der Waals surface area contributed by atoms with Crippen LogP contribution in [0.3, 0.4) is 0 Å². The van der Waals surface area contributed by atoms with Crippen molar-refractivity contribution in [2.75, 3.05) is 36.4 Å². The van der Waals surface area contributed by atoms with Gasteiger partial charge < -0.3 is 10.2 Å². The molecule has 0 saturated carbocycles. The number of anilines is 2. The lowest BCUT2D eigenvalue weighted by Gasteiger charge is -2.31. The van der Waals surface area contributed by atoms with Crippen molar-refractivity contribution in [3.05, 3.63) is 57.6 Å². The molecule has 1 N–H and O–H groups in total. The Labute approximate surface area is 200 Å². The zero-order chi connectivity index (χ0) is 24.3. The number of nitro groups is 1. The summed E-state index contributed by atoms with van der Waals surface area (Å²) in [6.45, 7) is 4.11. The third-order valence-electron chi connectivity index (χ3n) is 6.61. The number of nitrogens with one attached hydrogen (secondary N) is 1. The lowest BCUT2D eigenvalue weighted by Crippen LogP contribution is -2.36. The molecular formula is C24H30N4O5S. The number of carbonyl (C=O) groups excluding carboxylic acids is 1. The second-order valence-electron chi connectivity index (χ2n) is 8.85. The van der Waals surface area contributed by atoms with E-state index in [4.69, 9.17) is 0 Å². The standard InChI is InChI=1S/C24H30N4O5S/c1-18-21(9-8-10-22(18)28(30)31)25-24(29)20-17-19(34(32,33)27-15-6-3-7-16-27)11-12-23(20)26-13-4-2-5-14-26/h8-12,17H,2-7,13-16H2,1H3,(H,25,29). The van der Waals surface area contributed by atoms with Crippen molar-refractivity contribution in [2.24, 2.45) is 0 Å². The average molecular weight is 487 g/mol. The van der Waals surface area contributed by atoms with Crippen LogP contribution in [0.4, 0.5) is 17.1 Å². The summed E-state index contributed by atoms with van der Waals surface area (Å²) in [5.41, 5.74) is 1.52. The molecule has 9 nitrogen and oxygen atoms in total. The van der Waals surface area contributed by atoms with E-state index in [2.05, 4.69) is 10.2 Å². The summed E-state index contributed by atoms with van der Waals surface area (Å²) < 4.78 is 28.1. The molecule has 10 heteroatoms. The normalized spacial score (nSPS) is 17.4. The van der Waals surface area contributed by atoms with Crippen LogP contribution < -0.4 is 10.2 Å². The van der Waals surface area contributed by atoms with Gasteiger partial charge in [0.15, 0.2) is 0 Å². The highest BCUT2D eigenvalue weighted by Gasteiger charge is 2.29. The fourth-order valence-corrected chi connectivity index (χ4v) is 6.21. The van der Waals surface area contributed by atoms with Gasteiger partial charge in [0.25, 0.3) is 11.6 Å². The Balaban J connectivity index is 1.72. The quantitative estimate of drug-likeness (QED) is 0.481. The van der Waals surface area contributed by atoms with Crippen LogP contribution in [-0.2, 0) is 10.0 Å². The van der Waals surface area contributed by atoms with E-state index in [1.165, 1.54) is 22.5 Å². The molecule has 0 unspecified atom stereocenters. The molecule has 0 atom stereocenters. The predicted molar refractivity (Wildman–Crippen MR) is 131 cm³/mol. The van der Waals surface area contributed by atoms with Gasteiger partial charge >= 0.3 is 0 Å². The summed E-state index contributed by atoms with van der Waals surface area (Å²) >= 11 is 0. The van der Waals surface area contributed by atoms with Crippen molar-refractivity contribution >= 4 is 33.0 Å². The lowest BCUT2D eigenvalue weighted by atomic mass is 10.1. The molecule has 182 valence electrons. The monoisotopic (exact) mass is 486 g/mol. The van der Waals surface area contributed by atoms with Crippen LogP contribution in [0.25, 0.3) is 0 Å². The Morgan fingerprint density at radius 2 is 1.62 bits per heavy atom. The highest BCUT2D eigenvalue weighted by atomic mass is 32.2. The molecule has 2 aliphatic heterocycles. The molecular weight excluding hydrogens is 456 g/mol. The van der Waals surface area contributed by atoms with E-state index in [1.54, 1.807) is 25.1 Å². The molecule has 0 radical (unpaired) electrons. The van der Waals surface area contributed by atoms with Crippen molar-refractivity contribution in [1.82, 2.24) is 4.31 Å².